The highest BCUT2D eigenvalue weighted by atomic mass is 16.5. The molecule has 0 aromatic heterocycles. The Bertz CT molecular complexity index is 327. The molecule has 0 amide bonds. The fourth-order valence-electron chi connectivity index (χ4n) is 2.13. The second-order valence-electron chi connectivity index (χ2n) is 4.01. The molecule has 82 valence electrons. The van der Waals surface area contributed by atoms with Crippen LogP contribution in [0.15, 0.2) is 24.3 Å². The summed E-state index contributed by atoms with van der Waals surface area (Å²) in [4.78, 5) is 2.36. The second kappa shape index (κ2) is 4.53. The number of anilines is 1. The number of methoxy groups -OCH3 is 1. The molecular weight excluding hydrogens is 188 g/mol. The van der Waals surface area contributed by atoms with Gasteiger partial charge in [0, 0.05) is 13.1 Å². The van der Waals surface area contributed by atoms with Gasteiger partial charge >= 0.3 is 0 Å². The van der Waals surface area contributed by atoms with Gasteiger partial charge in [0.15, 0.2) is 0 Å². The van der Waals surface area contributed by atoms with Crippen molar-refractivity contribution in [3.8, 4) is 5.75 Å². The third-order valence-corrected chi connectivity index (χ3v) is 3.05. The first-order valence-corrected chi connectivity index (χ1v) is 5.43. The zero-order chi connectivity index (χ0) is 10.7. The molecule has 3 nitrogen and oxygen atoms in total. The Hall–Kier alpha value is -1.22. The summed E-state index contributed by atoms with van der Waals surface area (Å²) >= 11 is 0. The van der Waals surface area contributed by atoms with E-state index in [1.165, 1.54) is 12.1 Å². The predicted molar refractivity (Wildman–Crippen MR) is 62.4 cm³/mol. The minimum Gasteiger partial charge on any atom is -0.495 e. The smallest absolute Gasteiger partial charge is 0.142 e. The normalized spacial score (nSPS) is 20.7. The molecule has 0 spiro atoms. The van der Waals surface area contributed by atoms with E-state index in [-0.39, 0.29) is 0 Å². The maximum Gasteiger partial charge on any atom is 0.142 e. The molecular formula is C12H18N2O. The largest absolute Gasteiger partial charge is 0.495 e. The quantitative estimate of drug-likeness (QED) is 0.814. The van der Waals surface area contributed by atoms with Gasteiger partial charge in [-0.25, -0.2) is 0 Å². The van der Waals surface area contributed by atoms with Gasteiger partial charge in [0.25, 0.3) is 0 Å². The van der Waals surface area contributed by atoms with E-state index in [1.54, 1.807) is 7.11 Å². The summed E-state index contributed by atoms with van der Waals surface area (Å²) < 4.78 is 5.35. The first-order chi connectivity index (χ1) is 7.35. The maximum absolute atomic E-state index is 5.69. The van der Waals surface area contributed by atoms with Crippen molar-refractivity contribution in [2.24, 2.45) is 11.7 Å². The van der Waals surface area contributed by atoms with Crippen LogP contribution in [-0.4, -0.2) is 26.7 Å². The molecule has 1 aliphatic heterocycles. The molecule has 0 bridgehead atoms. The van der Waals surface area contributed by atoms with Gasteiger partial charge in [-0.05, 0) is 31.0 Å². The molecule has 0 saturated carbocycles. The molecule has 1 aromatic carbocycles. The number of hydrogen-bond donors (Lipinski definition) is 1. The van der Waals surface area contributed by atoms with Crippen molar-refractivity contribution in [2.75, 3.05) is 31.6 Å². The molecule has 1 heterocycles. The van der Waals surface area contributed by atoms with Gasteiger partial charge in [-0.3, -0.25) is 0 Å². The molecule has 2 N–H and O–H groups in total. The zero-order valence-electron chi connectivity index (χ0n) is 9.15. The van der Waals surface area contributed by atoms with Crippen molar-refractivity contribution in [3.63, 3.8) is 0 Å². The van der Waals surface area contributed by atoms with Crippen LogP contribution < -0.4 is 15.4 Å². The fourth-order valence-corrected chi connectivity index (χ4v) is 2.13. The Balaban J connectivity index is 2.16. The van der Waals surface area contributed by atoms with E-state index in [1.807, 2.05) is 18.2 Å². The van der Waals surface area contributed by atoms with Crippen LogP contribution in [0.1, 0.15) is 6.42 Å². The lowest BCUT2D eigenvalue weighted by Gasteiger charge is -2.20. The van der Waals surface area contributed by atoms with Crippen LogP contribution in [0.25, 0.3) is 0 Å². The van der Waals surface area contributed by atoms with E-state index in [9.17, 15) is 0 Å². The first-order valence-electron chi connectivity index (χ1n) is 5.43. The van der Waals surface area contributed by atoms with Gasteiger partial charge in [-0.15, -0.1) is 0 Å². The zero-order valence-corrected chi connectivity index (χ0v) is 9.15. The van der Waals surface area contributed by atoms with Crippen LogP contribution in [0.5, 0.6) is 5.75 Å². The fraction of sp³-hybridized carbons (Fsp3) is 0.500. The highest BCUT2D eigenvalue weighted by Crippen LogP contribution is 2.31. The average Bonchev–Trinajstić information content (AvgIpc) is 2.77. The van der Waals surface area contributed by atoms with Crippen molar-refractivity contribution in [2.45, 2.75) is 6.42 Å². The second-order valence-corrected chi connectivity index (χ2v) is 4.01. The van der Waals surface area contributed by atoms with E-state index >= 15 is 0 Å². The van der Waals surface area contributed by atoms with E-state index < -0.39 is 0 Å². The lowest BCUT2D eigenvalue weighted by atomic mass is 10.1. The number of para-hydroxylation sites is 2. The first kappa shape index (κ1) is 10.3. The number of benzene rings is 1. The highest BCUT2D eigenvalue weighted by Gasteiger charge is 2.23. The van der Waals surface area contributed by atoms with Crippen molar-refractivity contribution >= 4 is 5.69 Å². The minimum atomic E-state index is 0.634. The van der Waals surface area contributed by atoms with E-state index in [0.29, 0.717) is 5.92 Å². The number of rotatable bonds is 3. The van der Waals surface area contributed by atoms with Gasteiger partial charge in [0.2, 0.25) is 0 Å². The molecule has 2 rings (SSSR count). The Kier molecular flexibility index (Phi) is 3.11. The minimum absolute atomic E-state index is 0.634. The van der Waals surface area contributed by atoms with Gasteiger partial charge in [0.1, 0.15) is 5.75 Å². The van der Waals surface area contributed by atoms with Crippen LogP contribution in [0.4, 0.5) is 5.69 Å². The van der Waals surface area contributed by atoms with E-state index in [2.05, 4.69) is 11.0 Å². The summed E-state index contributed by atoms with van der Waals surface area (Å²) in [7, 11) is 1.72. The van der Waals surface area contributed by atoms with Crippen molar-refractivity contribution in [1.82, 2.24) is 0 Å². The monoisotopic (exact) mass is 206 g/mol. The molecule has 0 radical (unpaired) electrons. The number of ether oxygens (including phenoxy) is 1. The summed E-state index contributed by atoms with van der Waals surface area (Å²) in [6.45, 7) is 2.92. The average molecular weight is 206 g/mol. The number of nitrogens with two attached hydrogens (primary N) is 1. The molecule has 1 atom stereocenters. The number of hydrogen-bond acceptors (Lipinski definition) is 3. The summed E-state index contributed by atoms with van der Waals surface area (Å²) in [5, 5.41) is 0. The molecule has 1 aromatic rings. The van der Waals surface area contributed by atoms with Gasteiger partial charge in [0.05, 0.1) is 12.8 Å². The Morgan fingerprint density at radius 1 is 1.47 bits per heavy atom. The van der Waals surface area contributed by atoms with Crippen molar-refractivity contribution in [3.05, 3.63) is 24.3 Å². The Morgan fingerprint density at radius 3 is 2.93 bits per heavy atom. The Morgan fingerprint density at radius 2 is 2.27 bits per heavy atom. The summed E-state index contributed by atoms with van der Waals surface area (Å²) in [6.07, 6.45) is 1.19. The summed E-state index contributed by atoms with van der Waals surface area (Å²) in [5.74, 6) is 1.59. The van der Waals surface area contributed by atoms with Gasteiger partial charge < -0.3 is 15.4 Å². The lowest BCUT2D eigenvalue weighted by Crippen LogP contribution is -2.22. The molecule has 1 aliphatic rings. The molecule has 1 saturated heterocycles. The molecule has 3 heteroatoms. The van der Waals surface area contributed by atoms with E-state index in [4.69, 9.17) is 10.5 Å². The van der Waals surface area contributed by atoms with Crippen LogP contribution in [0.2, 0.25) is 0 Å². The lowest BCUT2D eigenvalue weighted by molar-refractivity contribution is 0.414. The molecule has 15 heavy (non-hydrogen) atoms. The molecule has 0 unspecified atom stereocenters. The summed E-state index contributed by atoms with van der Waals surface area (Å²) in [5.41, 5.74) is 6.88. The SMILES string of the molecule is COc1ccccc1N1CC[C@@H](CN)C1. The summed E-state index contributed by atoms with van der Waals surface area (Å²) in [6, 6.07) is 8.16. The van der Waals surface area contributed by atoms with Crippen molar-refractivity contribution in [1.29, 1.82) is 0 Å². The maximum atomic E-state index is 5.69. The number of nitrogens with zero attached hydrogens (tertiary/aromatic N) is 1. The van der Waals surface area contributed by atoms with Crippen LogP contribution in [0.3, 0.4) is 0 Å². The van der Waals surface area contributed by atoms with Gasteiger partial charge in [-0.2, -0.15) is 0 Å². The van der Waals surface area contributed by atoms with Crippen LogP contribution in [-0.2, 0) is 0 Å². The van der Waals surface area contributed by atoms with Crippen molar-refractivity contribution < 1.29 is 4.74 Å². The third-order valence-electron chi connectivity index (χ3n) is 3.05. The van der Waals surface area contributed by atoms with Crippen LogP contribution >= 0.6 is 0 Å². The Labute approximate surface area is 90.8 Å². The van der Waals surface area contributed by atoms with Crippen LogP contribution in [0, 0.1) is 5.92 Å². The highest BCUT2D eigenvalue weighted by molar-refractivity contribution is 5.58. The van der Waals surface area contributed by atoms with Gasteiger partial charge in [-0.1, -0.05) is 12.1 Å². The van der Waals surface area contributed by atoms with E-state index in [0.717, 1.165) is 25.4 Å². The topological polar surface area (TPSA) is 38.5 Å². The predicted octanol–water partition coefficient (Wildman–Crippen LogP) is 1.48. The standard InChI is InChI=1S/C12H18N2O/c1-15-12-5-3-2-4-11(12)14-7-6-10(8-13)9-14/h2-5,10H,6-9,13H2,1H3/t10-/m0/s1. The molecule has 0 aliphatic carbocycles. The molecule has 1 fully saturated rings. The third kappa shape index (κ3) is 2.07.